The molecule has 0 unspecified atom stereocenters. The standard InChI is InChI=1S/C22H21N3O5S/c26-19-11-14(23-22-25(19)16-6-2-4-8-18(16)31-22)12-30-21(28)9-10-24-15-5-1-3-7-17(15)29-13-20(24)27/h1,3,5,7,11H,2,4,6,8-10,12-13H2. The van der Waals surface area contributed by atoms with E-state index >= 15 is 0 Å². The molecule has 1 aliphatic heterocycles. The molecule has 0 N–H and O–H groups in total. The molecule has 0 radical (unpaired) electrons. The van der Waals surface area contributed by atoms with Crippen LogP contribution in [0.3, 0.4) is 0 Å². The number of aryl methyl sites for hydroxylation is 2. The number of nitrogens with zero attached hydrogens (tertiary/aromatic N) is 3. The van der Waals surface area contributed by atoms with E-state index in [-0.39, 0.29) is 37.6 Å². The van der Waals surface area contributed by atoms with Crippen LogP contribution < -0.4 is 15.2 Å². The third kappa shape index (κ3) is 3.81. The van der Waals surface area contributed by atoms with Crippen molar-refractivity contribution in [2.75, 3.05) is 18.1 Å². The van der Waals surface area contributed by atoms with E-state index < -0.39 is 5.97 Å². The Labute approximate surface area is 182 Å². The number of fused-ring (bicyclic) bond motifs is 4. The number of para-hydroxylation sites is 2. The number of rotatable bonds is 5. The maximum absolute atomic E-state index is 12.6. The maximum Gasteiger partial charge on any atom is 0.307 e. The number of ether oxygens (including phenoxy) is 2. The molecular weight excluding hydrogens is 418 g/mol. The van der Waals surface area contributed by atoms with Crippen LogP contribution in [0.2, 0.25) is 0 Å². The van der Waals surface area contributed by atoms with Gasteiger partial charge in [-0.3, -0.25) is 18.8 Å². The minimum Gasteiger partial charge on any atom is -0.482 e. The van der Waals surface area contributed by atoms with Crippen molar-refractivity contribution < 1.29 is 19.1 Å². The van der Waals surface area contributed by atoms with Crippen molar-refractivity contribution in [1.82, 2.24) is 9.38 Å². The first-order valence-electron chi connectivity index (χ1n) is 10.3. The van der Waals surface area contributed by atoms with Crippen molar-refractivity contribution >= 4 is 33.9 Å². The predicted molar refractivity (Wildman–Crippen MR) is 115 cm³/mol. The van der Waals surface area contributed by atoms with E-state index in [1.54, 1.807) is 27.9 Å². The lowest BCUT2D eigenvalue weighted by Gasteiger charge is -2.28. The predicted octanol–water partition coefficient (Wildman–Crippen LogP) is 2.49. The smallest absolute Gasteiger partial charge is 0.307 e. The largest absolute Gasteiger partial charge is 0.482 e. The van der Waals surface area contributed by atoms with Gasteiger partial charge in [0.2, 0.25) is 0 Å². The third-order valence-electron chi connectivity index (χ3n) is 5.54. The highest BCUT2D eigenvalue weighted by molar-refractivity contribution is 7.17. The van der Waals surface area contributed by atoms with Gasteiger partial charge in [-0.1, -0.05) is 12.1 Å². The number of hydrogen-bond donors (Lipinski definition) is 0. The quantitative estimate of drug-likeness (QED) is 0.568. The molecule has 1 amide bonds. The Bertz CT molecular complexity index is 1230. The normalized spacial score (nSPS) is 15.4. The summed E-state index contributed by atoms with van der Waals surface area (Å²) in [4.78, 5) is 45.0. The first-order valence-corrected chi connectivity index (χ1v) is 11.1. The van der Waals surface area contributed by atoms with E-state index in [2.05, 4.69) is 4.98 Å². The lowest BCUT2D eigenvalue weighted by Crippen LogP contribution is -2.40. The molecule has 31 heavy (non-hydrogen) atoms. The van der Waals surface area contributed by atoms with Gasteiger partial charge in [0, 0.05) is 23.2 Å². The van der Waals surface area contributed by atoms with E-state index in [4.69, 9.17) is 9.47 Å². The van der Waals surface area contributed by atoms with Gasteiger partial charge < -0.3 is 14.4 Å². The average Bonchev–Trinajstić information content (AvgIpc) is 3.16. The Morgan fingerprint density at radius 3 is 2.94 bits per heavy atom. The third-order valence-corrected chi connectivity index (χ3v) is 6.69. The topological polar surface area (TPSA) is 90.2 Å². The Kier molecular flexibility index (Phi) is 5.19. The van der Waals surface area contributed by atoms with Crippen molar-refractivity contribution in [3.63, 3.8) is 0 Å². The van der Waals surface area contributed by atoms with Gasteiger partial charge in [0.25, 0.3) is 11.5 Å². The van der Waals surface area contributed by atoms with Gasteiger partial charge in [0.1, 0.15) is 12.4 Å². The second-order valence-corrected chi connectivity index (χ2v) is 8.66. The summed E-state index contributed by atoms with van der Waals surface area (Å²) < 4.78 is 12.4. The molecule has 8 nitrogen and oxygen atoms in total. The fraction of sp³-hybridized carbons (Fsp3) is 0.364. The molecule has 2 aliphatic rings. The Hall–Kier alpha value is -3.20. The average molecular weight is 439 g/mol. The van der Waals surface area contributed by atoms with Crippen LogP contribution in [0, 0.1) is 0 Å². The summed E-state index contributed by atoms with van der Waals surface area (Å²) in [6.45, 7) is 0.0797. The molecule has 1 aliphatic carbocycles. The van der Waals surface area contributed by atoms with Gasteiger partial charge >= 0.3 is 5.97 Å². The zero-order valence-electron chi connectivity index (χ0n) is 16.8. The fourth-order valence-corrected chi connectivity index (χ4v) is 5.28. The van der Waals surface area contributed by atoms with Crippen molar-refractivity contribution in [3.8, 4) is 5.75 Å². The van der Waals surface area contributed by atoms with Gasteiger partial charge in [0.05, 0.1) is 17.8 Å². The lowest BCUT2D eigenvalue weighted by atomic mass is 10.0. The minimum atomic E-state index is -0.454. The summed E-state index contributed by atoms with van der Waals surface area (Å²) in [6, 6.07) is 8.65. The van der Waals surface area contributed by atoms with E-state index in [9.17, 15) is 14.4 Å². The summed E-state index contributed by atoms with van der Waals surface area (Å²) in [5.74, 6) is -0.0374. The van der Waals surface area contributed by atoms with Gasteiger partial charge in [0.15, 0.2) is 11.6 Å². The van der Waals surface area contributed by atoms with Crippen LogP contribution in [0.4, 0.5) is 5.69 Å². The molecule has 3 heterocycles. The molecule has 9 heteroatoms. The number of thiazole rings is 1. The molecule has 1 aromatic carbocycles. The number of hydrogen-bond acceptors (Lipinski definition) is 7. The molecule has 2 aromatic heterocycles. The second kappa shape index (κ2) is 8.14. The number of amides is 1. The SMILES string of the molecule is O=C(CCN1C(=O)COc2ccccc21)OCc1cc(=O)n2c3c(sc2n1)CCCC3. The van der Waals surface area contributed by atoms with Gasteiger partial charge in [-0.05, 0) is 37.8 Å². The van der Waals surface area contributed by atoms with Crippen LogP contribution >= 0.6 is 11.3 Å². The molecule has 0 saturated carbocycles. The summed E-state index contributed by atoms with van der Waals surface area (Å²) >= 11 is 1.54. The molecule has 160 valence electrons. The fourth-order valence-electron chi connectivity index (χ4n) is 4.04. The van der Waals surface area contributed by atoms with Crippen LogP contribution in [0.1, 0.15) is 35.5 Å². The van der Waals surface area contributed by atoms with Crippen LogP contribution in [0.5, 0.6) is 5.75 Å². The molecule has 0 bridgehead atoms. The Morgan fingerprint density at radius 2 is 2.03 bits per heavy atom. The number of aromatic nitrogens is 2. The maximum atomic E-state index is 12.6. The lowest BCUT2D eigenvalue weighted by molar-refractivity contribution is -0.144. The van der Waals surface area contributed by atoms with E-state index in [0.29, 0.717) is 22.1 Å². The molecule has 0 spiro atoms. The number of esters is 1. The minimum absolute atomic E-state index is 0.0363. The second-order valence-electron chi connectivity index (χ2n) is 7.60. The Balaban J connectivity index is 1.24. The molecule has 3 aromatic rings. The number of anilines is 1. The highest BCUT2D eigenvalue weighted by Crippen LogP contribution is 2.31. The van der Waals surface area contributed by atoms with E-state index in [0.717, 1.165) is 31.4 Å². The van der Waals surface area contributed by atoms with Crippen molar-refractivity contribution in [3.05, 3.63) is 57.0 Å². The zero-order chi connectivity index (χ0) is 21.4. The molecule has 0 fully saturated rings. The zero-order valence-corrected chi connectivity index (χ0v) is 17.7. The summed E-state index contributed by atoms with van der Waals surface area (Å²) in [6.07, 6.45) is 4.13. The number of carbonyl (C=O) groups is 2. The molecule has 0 saturated heterocycles. The molecule has 0 atom stereocenters. The number of benzene rings is 1. The van der Waals surface area contributed by atoms with Crippen molar-refractivity contribution in [2.24, 2.45) is 0 Å². The Morgan fingerprint density at radius 1 is 1.19 bits per heavy atom. The van der Waals surface area contributed by atoms with E-state index in [1.807, 2.05) is 12.1 Å². The summed E-state index contributed by atoms with van der Waals surface area (Å²) in [7, 11) is 0. The van der Waals surface area contributed by atoms with Gasteiger partial charge in [-0.2, -0.15) is 0 Å². The number of carbonyl (C=O) groups excluding carboxylic acids is 2. The van der Waals surface area contributed by atoms with Crippen LogP contribution in [-0.4, -0.2) is 34.4 Å². The van der Waals surface area contributed by atoms with E-state index in [1.165, 1.54) is 15.8 Å². The highest BCUT2D eigenvalue weighted by Gasteiger charge is 2.25. The first-order chi connectivity index (χ1) is 15.1. The summed E-state index contributed by atoms with van der Waals surface area (Å²) in [5, 5.41) is 0. The monoisotopic (exact) mass is 439 g/mol. The molecule has 5 rings (SSSR count). The first kappa shape index (κ1) is 19.7. The molecular formula is C22H21N3O5S. The summed E-state index contributed by atoms with van der Waals surface area (Å²) in [5.41, 5.74) is 2.02. The van der Waals surface area contributed by atoms with Gasteiger partial charge in [-0.15, -0.1) is 11.3 Å². The van der Waals surface area contributed by atoms with Gasteiger partial charge in [-0.25, -0.2) is 4.98 Å². The highest BCUT2D eigenvalue weighted by atomic mass is 32.1. The van der Waals surface area contributed by atoms with Crippen molar-refractivity contribution in [1.29, 1.82) is 0 Å². The van der Waals surface area contributed by atoms with Crippen molar-refractivity contribution in [2.45, 2.75) is 38.7 Å². The van der Waals surface area contributed by atoms with Crippen LogP contribution in [0.15, 0.2) is 35.1 Å². The van der Waals surface area contributed by atoms with Crippen LogP contribution in [-0.2, 0) is 33.8 Å². The van der Waals surface area contributed by atoms with Crippen LogP contribution in [0.25, 0.3) is 4.96 Å².